The smallest absolute Gasteiger partial charge is 0.153 e. The molecule has 0 bridgehead atoms. The third-order valence-corrected chi connectivity index (χ3v) is 3.48. The van der Waals surface area contributed by atoms with E-state index in [1.807, 2.05) is 18.2 Å². The van der Waals surface area contributed by atoms with E-state index < -0.39 is 5.67 Å². The van der Waals surface area contributed by atoms with Crippen LogP contribution in [0.4, 0.5) is 4.39 Å². The first-order valence-electron chi connectivity index (χ1n) is 5.54. The Morgan fingerprint density at radius 2 is 2.12 bits per heavy atom. The zero-order chi connectivity index (χ0) is 12.0. The second-order valence-corrected chi connectivity index (χ2v) is 4.84. The van der Waals surface area contributed by atoms with Crippen molar-refractivity contribution in [1.82, 2.24) is 4.98 Å². The van der Waals surface area contributed by atoms with Crippen LogP contribution in [0.25, 0.3) is 17.0 Å². The van der Waals surface area contributed by atoms with Crippen molar-refractivity contribution in [3.63, 3.8) is 0 Å². The number of alkyl halides is 1. The van der Waals surface area contributed by atoms with Crippen LogP contribution in [0.15, 0.2) is 30.8 Å². The summed E-state index contributed by atoms with van der Waals surface area (Å²) < 4.78 is 14.0. The van der Waals surface area contributed by atoms with Crippen LogP contribution in [0, 0.1) is 0 Å². The molecule has 1 aliphatic rings. The molecule has 86 valence electrons. The fourth-order valence-corrected chi connectivity index (χ4v) is 2.19. The van der Waals surface area contributed by atoms with Crippen LogP contribution in [0.1, 0.15) is 24.1 Å². The number of pyridine rings is 1. The Hall–Kier alpha value is -1.41. The Balaban J connectivity index is 2.25. The molecular weight excluding hydrogens is 237 g/mol. The molecule has 3 heteroatoms. The maximum Gasteiger partial charge on any atom is 0.153 e. The van der Waals surface area contributed by atoms with Crippen molar-refractivity contribution in [2.45, 2.75) is 18.5 Å². The first-order chi connectivity index (χ1) is 8.12. The van der Waals surface area contributed by atoms with Gasteiger partial charge in [-0.15, -0.1) is 0 Å². The standard InChI is InChI=1S/C14H11ClFN/c1-2-9-3-4-10-11(15)8-13(14(16)5-6-14)17-12(10)7-9/h2-4,7-8H,1,5-6H2. The number of fused-ring (bicyclic) bond motifs is 1. The fourth-order valence-electron chi connectivity index (χ4n) is 1.93. The number of hydrogen-bond donors (Lipinski definition) is 0. The van der Waals surface area contributed by atoms with Gasteiger partial charge >= 0.3 is 0 Å². The monoisotopic (exact) mass is 247 g/mol. The SMILES string of the molecule is C=Cc1ccc2c(Cl)cc(C3(F)CC3)nc2c1. The summed E-state index contributed by atoms with van der Waals surface area (Å²) in [6, 6.07) is 7.34. The Morgan fingerprint density at radius 1 is 1.35 bits per heavy atom. The number of rotatable bonds is 2. The van der Waals surface area contributed by atoms with Crippen molar-refractivity contribution >= 4 is 28.6 Å². The fraction of sp³-hybridized carbons (Fsp3) is 0.214. The number of nitrogens with zero attached hydrogens (tertiary/aromatic N) is 1. The highest BCUT2D eigenvalue weighted by Crippen LogP contribution is 2.49. The van der Waals surface area contributed by atoms with E-state index in [0.29, 0.717) is 23.6 Å². The molecule has 0 aliphatic heterocycles. The minimum atomic E-state index is -1.25. The van der Waals surface area contributed by atoms with Gasteiger partial charge in [0.1, 0.15) is 0 Å². The van der Waals surface area contributed by atoms with Gasteiger partial charge in [0.15, 0.2) is 5.67 Å². The molecule has 0 radical (unpaired) electrons. The van der Waals surface area contributed by atoms with Crippen LogP contribution in [-0.4, -0.2) is 4.98 Å². The summed E-state index contributed by atoms with van der Waals surface area (Å²) >= 11 is 6.16. The van der Waals surface area contributed by atoms with Crippen LogP contribution >= 0.6 is 11.6 Å². The van der Waals surface area contributed by atoms with Crippen molar-refractivity contribution < 1.29 is 4.39 Å². The van der Waals surface area contributed by atoms with Gasteiger partial charge in [-0.2, -0.15) is 0 Å². The molecule has 17 heavy (non-hydrogen) atoms. The maximum atomic E-state index is 14.0. The molecule has 1 heterocycles. The van der Waals surface area contributed by atoms with Crippen molar-refractivity contribution in [3.05, 3.63) is 47.1 Å². The summed E-state index contributed by atoms with van der Waals surface area (Å²) in [5, 5.41) is 1.41. The lowest BCUT2D eigenvalue weighted by molar-refractivity contribution is 0.310. The molecule has 1 saturated carbocycles. The third-order valence-electron chi connectivity index (χ3n) is 3.17. The predicted molar refractivity (Wildman–Crippen MR) is 68.9 cm³/mol. The molecule has 0 amide bonds. The largest absolute Gasteiger partial charge is 0.249 e. The molecular formula is C14H11ClFN. The summed E-state index contributed by atoms with van der Waals surface area (Å²) in [4.78, 5) is 4.37. The summed E-state index contributed by atoms with van der Waals surface area (Å²) in [6.07, 6.45) is 2.83. The van der Waals surface area contributed by atoms with Crippen LogP contribution in [-0.2, 0) is 5.67 Å². The molecule has 0 unspecified atom stereocenters. The van der Waals surface area contributed by atoms with Gasteiger partial charge in [-0.3, -0.25) is 0 Å². The average molecular weight is 248 g/mol. The first kappa shape index (κ1) is 10.7. The molecule has 1 aliphatic carbocycles. The Kier molecular flexibility index (Phi) is 2.23. The molecule has 1 nitrogen and oxygen atoms in total. The van der Waals surface area contributed by atoms with Gasteiger partial charge in [-0.25, -0.2) is 9.37 Å². The van der Waals surface area contributed by atoms with Gasteiger partial charge in [0, 0.05) is 5.39 Å². The van der Waals surface area contributed by atoms with E-state index in [2.05, 4.69) is 11.6 Å². The molecule has 3 rings (SSSR count). The Morgan fingerprint density at radius 3 is 2.76 bits per heavy atom. The van der Waals surface area contributed by atoms with Gasteiger partial charge in [-0.1, -0.05) is 36.4 Å². The normalized spacial score (nSPS) is 17.1. The maximum absolute atomic E-state index is 14.0. The minimum absolute atomic E-state index is 0.455. The van der Waals surface area contributed by atoms with E-state index in [4.69, 9.17) is 11.6 Å². The highest BCUT2D eigenvalue weighted by molar-refractivity contribution is 6.35. The van der Waals surface area contributed by atoms with Crippen molar-refractivity contribution in [2.24, 2.45) is 0 Å². The van der Waals surface area contributed by atoms with Gasteiger partial charge in [0.05, 0.1) is 16.2 Å². The lowest BCUT2D eigenvalue weighted by atomic mass is 10.1. The zero-order valence-corrected chi connectivity index (χ0v) is 9.97. The third kappa shape index (κ3) is 1.73. The summed E-state index contributed by atoms with van der Waals surface area (Å²) in [6.45, 7) is 3.71. The number of halogens is 2. The summed E-state index contributed by atoms with van der Waals surface area (Å²) in [7, 11) is 0. The van der Waals surface area contributed by atoms with E-state index in [0.717, 1.165) is 16.5 Å². The molecule has 0 spiro atoms. The number of benzene rings is 1. The zero-order valence-electron chi connectivity index (χ0n) is 9.21. The molecule has 2 aromatic rings. The molecule has 1 aromatic carbocycles. The Labute approximate surface area is 104 Å². The second kappa shape index (κ2) is 3.54. The number of hydrogen-bond acceptors (Lipinski definition) is 1. The highest BCUT2D eigenvalue weighted by atomic mass is 35.5. The van der Waals surface area contributed by atoms with Crippen molar-refractivity contribution in [2.75, 3.05) is 0 Å². The van der Waals surface area contributed by atoms with Gasteiger partial charge in [0.2, 0.25) is 0 Å². The molecule has 0 N–H and O–H groups in total. The van der Waals surface area contributed by atoms with E-state index in [-0.39, 0.29) is 0 Å². The first-order valence-corrected chi connectivity index (χ1v) is 5.92. The van der Waals surface area contributed by atoms with Gasteiger partial charge < -0.3 is 0 Å². The molecule has 1 aromatic heterocycles. The van der Waals surface area contributed by atoms with Crippen LogP contribution < -0.4 is 0 Å². The summed E-state index contributed by atoms with van der Waals surface area (Å²) in [5.41, 5.74) is 0.897. The van der Waals surface area contributed by atoms with Crippen LogP contribution in [0.2, 0.25) is 5.02 Å². The number of aromatic nitrogens is 1. The average Bonchev–Trinajstić information content (AvgIpc) is 3.08. The quantitative estimate of drug-likeness (QED) is 0.762. The van der Waals surface area contributed by atoms with Crippen molar-refractivity contribution in [1.29, 1.82) is 0 Å². The van der Waals surface area contributed by atoms with Gasteiger partial charge in [-0.05, 0) is 30.5 Å². The molecule has 0 saturated heterocycles. The molecule has 0 atom stereocenters. The van der Waals surface area contributed by atoms with Crippen LogP contribution in [0.5, 0.6) is 0 Å². The lowest BCUT2D eigenvalue weighted by Crippen LogP contribution is -2.01. The molecule has 1 fully saturated rings. The van der Waals surface area contributed by atoms with E-state index in [1.54, 1.807) is 12.1 Å². The van der Waals surface area contributed by atoms with Crippen molar-refractivity contribution in [3.8, 4) is 0 Å². The highest BCUT2D eigenvalue weighted by Gasteiger charge is 2.46. The van der Waals surface area contributed by atoms with Crippen LogP contribution in [0.3, 0.4) is 0 Å². The van der Waals surface area contributed by atoms with E-state index >= 15 is 0 Å². The second-order valence-electron chi connectivity index (χ2n) is 4.44. The lowest BCUT2D eigenvalue weighted by Gasteiger charge is -2.08. The predicted octanol–water partition coefficient (Wildman–Crippen LogP) is 4.49. The summed E-state index contributed by atoms with van der Waals surface area (Å²) in [5.74, 6) is 0. The van der Waals surface area contributed by atoms with E-state index in [9.17, 15) is 4.39 Å². The topological polar surface area (TPSA) is 12.9 Å². The van der Waals surface area contributed by atoms with E-state index in [1.165, 1.54) is 0 Å². The minimum Gasteiger partial charge on any atom is -0.249 e. The van der Waals surface area contributed by atoms with Gasteiger partial charge in [0.25, 0.3) is 0 Å². The Bertz CT molecular complexity index is 617.